The summed E-state index contributed by atoms with van der Waals surface area (Å²) in [7, 11) is 0. The Morgan fingerprint density at radius 1 is 1.50 bits per heavy atom. The third kappa shape index (κ3) is 2.62. The van der Waals surface area contributed by atoms with Crippen LogP contribution >= 0.6 is 12.2 Å². The molecule has 0 spiro atoms. The van der Waals surface area contributed by atoms with Gasteiger partial charge in [0, 0.05) is 12.1 Å². The van der Waals surface area contributed by atoms with Crippen molar-refractivity contribution in [2.75, 3.05) is 18.1 Å². The lowest BCUT2D eigenvalue weighted by Gasteiger charge is -2.36. The Bertz CT molecular complexity index is 453. The van der Waals surface area contributed by atoms with Crippen LogP contribution in [0.4, 0.5) is 10.1 Å². The van der Waals surface area contributed by atoms with E-state index in [4.69, 9.17) is 18.0 Å². The van der Waals surface area contributed by atoms with Crippen molar-refractivity contribution in [3.8, 4) is 0 Å². The van der Waals surface area contributed by atoms with E-state index in [0.29, 0.717) is 11.3 Å². The van der Waals surface area contributed by atoms with Crippen LogP contribution in [0.2, 0.25) is 0 Å². The van der Waals surface area contributed by atoms with Gasteiger partial charge in [0.25, 0.3) is 0 Å². The standard InChI is InChI=1S/C13H17FN2OS/c14-11-7-9(13(15)18)4-5-12(11)16-6-2-1-3-10(16)8-17/h4-5,7,10,17H,1-3,6,8H2,(H2,15,18). The van der Waals surface area contributed by atoms with Crippen molar-refractivity contribution in [1.82, 2.24) is 0 Å². The maximum Gasteiger partial charge on any atom is 0.147 e. The smallest absolute Gasteiger partial charge is 0.147 e. The first-order valence-electron chi connectivity index (χ1n) is 6.10. The highest BCUT2D eigenvalue weighted by Crippen LogP contribution is 2.27. The number of benzene rings is 1. The molecule has 1 aliphatic rings. The van der Waals surface area contributed by atoms with Gasteiger partial charge in [-0.05, 0) is 37.5 Å². The summed E-state index contributed by atoms with van der Waals surface area (Å²) in [5.41, 5.74) is 6.53. The molecule has 1 saturated heterocycles. The van der Waals surface area contributed by atoms with Gasteiger partial charge in [-0.15, -0.1) is 0 Å². The third-order valence-corrected chi connectivity index (χ3v) is 3.62. The van der Waals surface area contributed by atoms with Gasteiger partial charge in [-0.3, -0.25) is 0 Å². The average Bonchev–Trinajstić information content (AvgIpc) is 2.38. The summed E-state index contributed by atoms with van der Waals surface area (Å²) in [5.74, 6) is -0.333. The van der Waals surface area contributed by atoms with E-state index in [0.717, 1.165) is 25.8 Å². The van der Waals surface area contributed by atoms with Crippen molar-refractivity contribution in [2.24, 2.45) is 5.73 Å². The predicted octanol–water partition coefficient (Wildman–Crippen LogP) is 1.81. The normalized spacial score (nSPS) is 19.9. The van der Waals surface area contributed by atoms with Gasteiger partial charge in [-0.25, -0.2) is 4.39 Å². The van der Waals surface area contributed by atoms with Crippen molar-refractivity contribution in [1.29, 1.82) is 0 Å². The van der Waals surface area contributed by atoms with Crippen molar-refractivity contribution >= 4 is 22.9 Å². The molecule has 0 amide bonds. The van der Waals surface area contributed by atoms with Gasteiger partial charge in [0.05, 0.1) is 18.3 Å². The van der Waals surface area contributed by atoms with Crippen LogP contribution in [-0.2, 0) is 0 Å². The summed E-state index contributed by atoms with van der Waals surface area (Å²) in [5, 5.41) is 9.35. The maximum absolute atomic E-state index is 14.1. The minimum absolute atomic E-state index is 0.00364. The molecule has 1 fully saturated rings. The summed E-state index contributed by atoms with van der Waals surface area (Å²) < 4.78 is 14.1. The van der Waals surface area contributed by atoms with Gasteiger partial charge in [0.1, 0.15) is 10.8 Å². The van der Waals surface area contributed by atoms with Crippen LogP contribution in [0, 0.1) is 5.82 Å². The van der Waals surface area contributed by atoms with Gasteiger partial charge >= 0.3 is 0 Å². The number of thiocarbonyl (C=S) groups is 1. The van der Waals surface area contributed by atoms with E-state index in [1.54, 1.807) is 12.1 Å². The first kappa shape index (κ1) is 13.2. The van der Waals surface area contributed by atoms with E-state index in [1.807, 2.05) is 4.90 Å². The second-order valence-corrected chi connectivity index (χ2v) is 5.00. The number of aliphatic hydroxyl groups is 1. The molecular formula is C13H17FN2OS. The van der Waals surface area contributed by atoms with Crippen LogP contribution in [0.1, 0.15) is 24.8 Å². The molecule has 1 aliphatic heterocycles. The Morgan fingerprint density at radius 3 is 2.89 bits per heavy atom. The van der Waals surface area contributed by atoms with E-state index in [1.165, 1.54) is 6.07 Å². The first-order valence-corrected chi connectivity index (χ1v) is 6.51. The van der Waals surface area contributed by atoms with Crippen LogP contribution in [0.15, 0.2) is 18.2 Å². The number of anilines is 1. The summed E-state index contributed by atoms with van der Waals surface area (Å²) in [6.07, 6.45) is 2.99. The molecule has 1 heterocycles. The SMILES string of the molecule is NC(=S)c1ccc(N2CCCCC2CO)c(F)c1. The Morgan fingerprint density at radius 2 is 2.28 bits per heavy atom. The number of rotatable bonds is 3. The summed E-state index contributed by atoms with van der Waals surface area (Å²) in [6.45, 7) is 0.824. The van der Waals surface area contributed by atoms with Crippen molar-refractivity contribution in [3.05, 3.63) is 29.6 Å². The van der Waals surface area contributed by atoms with Gasteiger partial charge in [-0.2, -0.15) is 0 Å². The average molecular weight is 268 g/mol. The molecule has 3 nitrogen and oxygen atoms in total. The van der Waals surface area contributed by atoms with E-state index in [-0.39, 0.29) is 23.5 Å². The van der Waals surface area contributed by atoms with Crippen LogP contribution in [0.3, 0.4) is 0 Å². The zero-order chi connectivity index (χ0) is 13.1. The molecule has 1 aromatic rings. The fourth-order valence-electron chi connectivity index (χ4n) is 2.40. The molecule has 5 heteroatoms. The second kappa shape index (κ2) is 5.63. The molecular weight excluding hydrogens is 251 g/mol. The van der Waals surface area contributed by atoms with Crippen molar-refractivity contribution in [3.63, 3.8) is 0 Å². The molecule has 98 valence electrons. The number of nitrogens with zero attached hydrogens (tertiary/aromatic N) is 1. The van der Waals surface area contributed by atoms with Gasteiger partial charge in [-0.1, -0.05) is 12.2 Å². The molecule has 1 unspecified atom stereocenters. The van der Waals surface area contributed by atoms with Crippen LogP contribution < -0.4 is 10.6 Å². The lowest BCUT2D eigenvalue weighted by Crippen LogP contribution is -2.42. The molecule has 1 aromatic carbocycles. The van der Waals surface area contributed by atoms with E-state index >= 15 is 0 Å². The molecule has 3 N–H and O–H groups in total. The minimum atomic E-state index is -0.333. The first-order chi connectivity index (χ1) is 8.63. The highest BCUT2D eigenvalue weighted by Gasteiger charge is 2.24. The zero-order valence-corrected chi connectivity index (χ0v) is 10.9. The highest BCUT2D eigenvalue weighted by molar-refractivity contribution is 7.80. The van der Waals surface area contributed by atoms with Gasteiger partial charge < -0.3 is 15.7 Å². The molecule has 0 bridgehead atoms. The summed E-state index contributed by atoms with van der Waals surface area (Å²) >= 11 is 4.82. The second-order valence-electron chi connectivity index (χ2n) is 4.56. The molecule has 2 rings (SSSR count). The number of hydrogen-bond donors (Lipinski definition) is 2. The summed E-state index contributed by atoms with van der Waals surface area (Å²) in [4.78, 5) is 2.13. The van der Waals surface area contributed by atoms with Crippen LogP contribution in [-0.4, -0.2) is 29.3 Å². The van der Waals surface area contributed by atoms with Crippen molar-refractivity contribution in [2.45, 2.75) is 25.3 Å². The minimum Gasteiger partial charge on any atom is -0.394 e. The van der Waals surface area contributed by atoms with Gasteiger partial charge in [0.2, 0.25) is 0 Å². The molecule has 0 aromatic heterocycles. The lowest BCUT2D eigenvalue weighted by atomic mass is 10.0. The molecule has 1 atom stereocenters. The number of piperidine rings is 1. The van der Waals surface area contributed by atoms with Crippen LogP contribution in [0.25, 0.3) is 0 Å². The number of halogens is 1. The largest absolute Gasteiger partial charge is 0.394 e. The number of aliphatic hydroxyl groups excluding tert-OH is 1. The van der Waals surface area contributed by atoms with E-state index < -0.39 is 0 Å². The quantitative estimate of drug-likeness (QED) is 0.821. The number of hydrogen-bond acceptors (Lipinski definition) is 3. The molecule has 0 radical (unpaired) electrons. The Balaban J connectivity index is 2.29. The lowest BCUT2D eigenvalue weighted by molar-refractivity contribution is 0.239. The maximum atomic E-state index is 14.1. The zero-order valence-electron chi connectivity index (χ0n) is 10.1. The highest BCUT2D eigenvalue weighted by atomic mass is 32.1. The Labute approximate surface area is 111 Å². The van der Waals surface area contributed by atoms with Crippen molar-refractivity contribution < 1.29 is 9.50 Å². The Hall–Kier alpha value is -1.20. The molecule has 18 heavy (non-hydrogen) atoms. The predicted molar refractivity (Wildman–Crippen MR) is 74.4 cm³/mol. The topological polar surface area (TPSA) is 49.5 Å². The fraction of sp³-hybridized carbons (Fsp3) is 0.462. The van der Waals surface area contributed by atoms with Crippen LogP contribution in [0.5, 0.6) is 0 Å². The Kier molecular flexibility index (Phi) is 4.14. The van der Waals surface area contributed by atoms with E-state index in [9.17, 15) is 9.50 Å². The summed E-state index contributed by atoms with van der Waals surface area (Å²) in [6, 6.07) is 4.78. The molecule has 0 saturated carbocycles. The van der Waals surface area contributed by atoms with E-state index in [2.05, 4.69) is 0 Å². The van der Waals surface area contributed by atoms with Gasteiger partial charge in [0.15, 0.2) is 0 Å². The molecule has 0 aliphatic carbocycles. The monoisotopic (exact) mass is 268 g/mol. The third-order valence-electron chi connectivity index (χ3n) is 3.38. The fourth-order valence-corrected chi connectivity index (χ4v) is 2.53. The number of nitrogens with two attached hydrogens (primary N) is 1.